The van der Waals surface area contributed by atoms with E-state index >= 15 is 0 Å². The second-order valence-electron chi connectivity index (χ2n) is 7.24. The SMILES string of the molecule is COc1cc2c(cc1OC)[C@@H](c1ccccc1Cl)N(C(=O)c1cc(Cl)cc(Cl)c1)CC2. The third kappa shape index (κ3) is 4.20. The lowest BCUT2D eigenvalue weighted by Gasteiger charge is -2.38. The molecule has 1 amide bonds. The Bertz CT molecular complexity index is 1130. The van der Waals surface area contributed by atoms with Gasteiger partial charge in [-0.25, -0.2) is 0 Å². The van der Waals surface area contributed by atoms with E-state index < -0.39 is 6.04 Å². The molecule has 160 valence electrons. The number of carbonyl (C=O) groups excluding carboxylic acids is 1. The summed E-state index contributed by atoms with van der Waals surface area (Å²) in [5, 5.41) is 1.40. The first-order valence-electron chi connectivity index (χ1n) is 9.69. The van der Waals surface area contributed by atoms with Gasteiger partial charge in [0.2, 0.25) is 0 Å². The van der Waals surface area contributed by atoms with Gasteiger partial charge < -0.3 is 14.4 Å². The van der Waals surface area contributed by atoms with Crippen molar-refractivity contribution < 1.29 is 14.3 Å². The summed E-state index contributed by atoms with van der Waals surface area (Å²) >= 11 is 18.9. The van der Waals surface area contributed by atoms with Crippen molar-refractivity contribution in [1.29, 1.82) is 0 Å². The molecule has 0 bridgehead atoms. The molecule has 0 aromatic heterocycles. The lowest BCUT2D eigenvalue weighted by molar-refractivity contribution is 0.0694. The molecule has 1 aliphatic rings. The topological polar surface area (TPSA) is 38.8 Å². The molecule has 0 unspecified atom stereocenters. The fourth-order valence-electron chi connectivity index (χ4n) is 4.04. The normalized spacial score (nSPS) is 15.4. The molecule has 7 heteroatoms. The van der Waals surface area contributed by atoms with Gasteiger partial charge in [-0.05, 0) is 59.5 Å². The van der Waals surface area contributed by atoms with Gasteiger partial charge in [0.05, 0.1) is 20.3 Å². The first kappa shape index (κ1) is 21.8. The molecule has 4 nitrogen and oxygen atoms in total. The van der Waals surface area contributed by atoms with E-state index in [4.69, 9.17) is 44.3 Å². The van der Waals surface area contributed by atoms with Crippen LogP contribution in [0.3, 0.4) is 0 Å². The van der Waals surface area contributed by atoms with Gasteiger partial charge in [-0.1, -0.05) is 53.0 Å². The second-order valence-corrected chi connectivity index (χ2v) is 8.52. The number of amides is 1. The number of hydrogen-bond acceptors (Lipinski definition) is 3. The Morgan fingerprint density at radius 1 is 0.903 bits per heavy atom. The van der Waals surface area contributed by atoms with Crippen molar-refractivity contribution >= 4 is 40.7 Å². The Morgan fingerprint density at radius 2 is 1.55 bits per heavy atom. The van der Waals surface area contributed by atoms with Crippen molar-refractivity contribution in [3.8, 4) is 11.5 Å². The number of methoxy groups -OCH3 is 2. The Balaban J connectivity index is 1.88. The molecular weight excluding hydrogens is 457 g/mol. The van der Waals surface area contributed by atoms with Crippen LogP contribution in [0.5, 0.6) is 11.5 Å². The number of ether oxygens (including phenoxy) is 2. The average molecular weight is 477 g/mol. The summed E-state index contributed by atoms with van der Waals surface area (Å²) in [5.41, 5.74) is 3.28. The molecule has 0 fully saturated rings. The largest absolute Gasteiger partial charge is 0.493 e. The maximum atomic E-state index is 13.6. The minimum absolute atomic E-state index is 0.172. The van der Waals surface area contributed by atoms with E-state index in [1.165, 1.54) is 0 Å². The van der Waals surface area contributed by atoms with Crippen LogP contribution < -0.4 is 9.47 Å². The van der Waals surface area contributed by atoms with Crippen LogP contribution in [-0.4, -0.2) is 31.6 Å². The average Bonchev–Trinajstić information content (AvgIpc) is 2.76. The predicted octanol–water partition coefficient (Wildman–Crippen LogP) is 6.45. The van der Waals surface area contributed by atoms with Crippen molar-refractivity contribution in [3.63, 3.8) is 0 Å². The lowest BCUT2D eigenvalue weighted by atomic mass is 9.87. The van der Waals surface area contributed by atoms with Crippen molar-refractivity contribution in [2.75, 3.05) is 20.8 Å². The molecule has 0 aliphatic carbocycles. The van der Waals surface area contributed by atoms with Crippen LogP contribution in [0.25, 0.3) is 0 Å². The summed E-state index contributed by atoms with van der Waals surface area (Å²) in [6.45, 7) is 0.501. The number of carbonyl (C=O) groups is 1. The molecule has 31 heavy (non-hydrogen) atoms. The van der Waals surface area contributed by atoms with Gasteiger partial charge in [0.25, 0.3) is 5.91 Å². The highest BCUT2D eigenvalue weighted by atomic mass is 35.5. The van der Waals surface area contributed by atoms with Crippen LogP contribution in [0.15, 0.2) is 54.6 Å². The minimum atomic E-state index is -0.400. The number of halogens is 3. The zero-order chi connectivity index (χ0) is 22.1. The molecule has 0 spiro atoms. The van der Waals surface area contributed by atoms with Crippen LogP contribution >= 0.6 is 34.8 Å². The summed E-state index contributed by atoms with van der Waals surface area (Å²) in [5.74, 6) is 1.08. The third-order valence-corrected chi connectivity index (χ3v) is 6.22. The van der Waals surface area contributed by atoms with Crippen molar-refractivity contribution in [2.45, 2.75) is 12.5 Å². The minimum Gasteiger partial charge on any atom is -0.493 e. The Labute approximate surface area is 196 Å². The van der Waals surface area contributed by atoms with E-state index in [1.807, 2.05) is 36.4 Å². The Morgan fingerprint density at radius 3 is 2.19 bits per heavy atom. The predicted molar refractivity (Wildman–Crippen MR) is 124 cm³/mol. The van der Waals surface area contributed by atoms with Gasteiger partial charge in [0.15, 0.2) is 11.5 Å². The van der Waals surface area contributed by atoms with E-state index in [0.717, 1.165) is 16.7 Å². The molecule has 1 heterocycles. The first-order valence-corrected chi connectivity index (χ1v) is 10.8. The first-order chi connectivity index (χ1) is 14.9. The second kappa shape index (κ2) is 8.99. The molecular formula is C24H20Cl3NO3. The van der Waals surface area contributed by atoms with Gasteiger partial charge in [-0.3, -0.25) is 4.79 Å². The standard InChI is InChI=1S/C24H20Cl3NO3/c1-30-21-11-14-7-8-28(24(29)15-9-16(25)12-17(26)10-15)23(19(14)13-22(21)31-2)18-5-3-4-6-20(18)27/h3-6,9-13,23H,7-8H2,1-2H3/t23-/m1/s1. The molecule has 1 atom stereocenters. The summed E-state index contributed by atoms with van der Waals surface area (Å²) in [6, 6.07) is 15.9. The van der Waals surface area contributed by atoms with E-state index in [0.29, 0.717) is 45.1 Å². The van der Waals surface area contributed by atoms with Gasteiger partial charge in [0, 0.05) is 27.2 Å². The van der Waals surface area contributed by atoms with Crippen LogP contribution in [0, 0.1) is 0 Å². The van der Waals surface area contributed by atoms with Crippen LogP contribution in [0.2, 0.25) is 15.1 Å². The van der Waals surface area contributed by atoms with Crippen molar-refractivity contribution in [2.24, 2.45) is 0 Å². The number of fused-ring (bicyclic) bond motifs is 1. The van der Waals surface area contributed by atoms with Crippen LogP contribution in [0.4, 0.5) is 0 Å². The summed E-state index contributed by atoms with van der Waals surface area (Å²) in [4.78, 5) is 15.4. The molecule has 3 aromatic rings. The molecule has 0 saturated carbocycles. The Hall–Kier alpha value is -2.40. The van der Waals surface area contributed by atoms with Crippen LogP contribution in [-0.2, 0) is 6.42 Å². The fourth-order valence-corrected chi connectivity index (χ4v) is 4.81. The summed E-state index contributed by atoms with van der Waals surface area (Å²) in [6.07, 6.45) is 0.663. The molecule has 0 saturated heterocycles. The van der Waals surface area contributed by atoms with Gasteiger partial charge in [0.1, 0.15) is 0 Å². The molecule has 1 aliphatic heterocycles. The zero-order valence-electron chi connectivity index (χ0n) is 17.0. The monoisotopic (exact) mass is 475 g/mol. The number of nitrogens with zero attached hydrogens (tertiary/aromatic N) is 1. The van der Waals surface area contributed by atoms with Gasteiger partial charge >= 0.3 is 0 Å². The number of benzene rings is 3. The highest BCUT2D eigenvalue weighted by Gasteiger charge is 2.35. The smallest absolute Gasteiger partial charge is 0.254 e. The quantitative estimate of drug-likeness (QED) is 0.434. The summed E-state index contributed by atoms with van der Waals surface area (Å²) in [7, 11) is 3.20. The molecule has 0 radical (unpaired) electrons. The highest BCUT2D eigenvalue weighted by molar-refractivity contribution is 6.35. The number of rotatable bonds is 4. The van der Waals surface area contributed by atoms with Gasteiger partial charge in [-0.15, -0.1) is 0 Å². The maximum absolute atomic E-state index is 13.6. The summed E-state index contributed by atoms with van der Waals surface area (Å²) < 4.78 is 11.0. The maximum Gasteiger partial charge on any atom is 0.254 e. The zero-order valence-corrected chi connectivity index (χ0v) is 19.3. The van der Waals surface area contributed by atoms with Crippen LogP contribution in [0.1, 0.15) is 33.1 Å². The Kier molecular flexibility index (Phi) is 6.33. The highest BCUT2D eigenvalue weighted by Crippen LogP contribution is 2.43. The van der Waals surface area contributed by atoms with E-state index in [-0.39, 0.29) is 5.91 Å². The number of hydrogen-bond donors (Lipinski definition) is 0. The molecule has 3 aromatic carbocycles. The lowest BCUT2D eigenvalue weighted by Crippen LogP contribution is -2.40. The molecule has 4 rings (SSSR count). The van der Waals surface area contributed by atoms with E-state index in [2.05, 4.69) is 0 Å². The van der Waals surface area contributed by atoms with Crippen molar-refractivity contribution in [3.05, 3.63) is 91.9 Å². The van der Waals surface area contributed by atoms with Crippen molar-refractivity contribution in [1.82, 2.24) is 4.90 Å². The van der Waals surface area contributed by atoms with Gasteiger partial charge in [-0.2, -0.15) is 0 Å². The fraction of sp³-hybridized carbons (Fsp3) is 0.208. The molecule has 0 N–H and O–H groups in total. The third-order valence-electron chi connectivity index (χ3n) is 5.44. The van der Waals surface area contributed by atoms with E-state index in [1.54, 1.807) is 37.3 Å². The van der Waals surface area contributed by atoms with E-state index in [9.17, 15) is 4.79 Å².